The summed E-state index contributed by atoms with van der Waals surface area (Å²) in [4.78, 5) is 47.2. The Morgan fingerprint density at radius 2 is 2.19 bits per heavy atom. The molecule has 17 heteroatoms. The second-order valence-corrected chi connectivity index (χ2v) is 9.73. The highest BCUT2D eigenvalue weighted by molar-refractivity contribution is 8.00. The third-order valence-electron chi connectivity index (χ3n) is 5.69. The molecular formula is C20H18FN9O5S2. The molecule has 5 N–H and O–H groups in total. The van der Waals surface area contributed by atoms with Gasteiger partial charge in [0.25, 0.3) is 24.3 Å². The molecule has 1 fully saturated rings. The number of carbonyl (C=O) groups is 3. The van der Waals surface area contributed by atoms with E-state index in [1.165, 1.54) is 11.8 Å². The molecule has 0 aliphatic carbocycles. The van der Waals surface area contributed by atoms with Gasteiger partial charge in [0.15, 0.2) is 10.9 Å². The number of oxime groups is 1. The van der Waals surface area contributed by atoms with Crippen molar-refractivity contribution in [2.75, 3.05) is 24.1 Å². The SMILES string of the molecule is Nc1nc(/C(=N/OCF)C(=O)N[C@@H]2C(=O)N3C(C(=O)[O-])=C(C[n+]4ccn5c(N)cccc54)CS[C@H]23)ns1. The summed E-state index contributed by atoms with van der Waals surface area (Å²) in [6, 6.07) is 4.25. The zero-order chi connectivity index (χ0) is 26.3. The van der Waals surface area contributed by atoms with E-state index in [-0.39, 0.29) is 29.0 Å². The molecule has 2 amide bonds. The molecule has 5 rings (SSSR count). The smallest absolute Gasteiger partial charge is 0.288 e. The van der Waals surface area contributed by atoms with Crippen LogP contribution in [0, 0.1) is 0 Å². The van der Waals surface area contributed by atoms with Crippen molar-refractivity contribution in [3.63, 3.8) is 0 Å². The van der Waals surface area contributed by atoms with Crippen molar-refractivity contribution >= 4 is 63.4 Å². The van der Waals surface area contributed by atoms with E-state index in [4.69, 9.17) is 11.5 Å². The number of thioether (sulfide) groups is 1. The molecule has 0 spiro atoms. The summed E-state index contributed by atoms with van der Waals surface area (Å²) in [6.07, 6.45) is 3.50. The maximum absolute atomic E-state index is 13.0. The van der Waals surface area contributed by atoms with Gasteiger partial charge in [0.1, 0.15) is 30.4 Å². The number of fused-ring (bicyclic) bond motifs is 2. The van der Waals surface area contributed by atoms with Gasteiger partial charge in [-0.2, -0.15) is 13.8 Å². The van der Waals surface area contributed by atoms with Gasteiger partial charge in [-0.15, -0.1) is 11.8 Å². The number of amides is 2. The highest BCUT2D eigenvalue weighted by Gasteiger charge is 2.53. The lowest BCUT2D eigenvalue weighted by molar-refractivity contribution is -0.662. The van der Waals surface area contributed by atoms with E-state index in [9.17, 15) is 23.9 Å². The minimum Gasteiger partial charge on any atom is -0.543 e. The van der Waals surface area contributed by atoms with Gasteiger partial charge in [-0.25, -0.2) is 8.96 Å². The van der Waals surface area contributed by atoms with Crippen LogP contribution >= 0.6 is 23.3 Å². The summed E-state index contributed by atoms with van der Waals surface area (Å²) in [6.45, 7) is -1.13. The molecule has 1 saturated heterocycles. The lowest BCUT2D eigenvalue weighted by Crippen LogP contribution is -2.71. The number of imidazole rings is 1. The Morgan fingerprint density at radius 3 is 2.89 bits per heavy atom. The fourth-order valence-corrected chi connectivity index (χ4v) is 5.86. The number of hydrogen-bond acceptors (Lipinski definition) is 12. The van der Waals surface area contributed by atoms with Crippen LogP contribution in [0.2, 0.25) is 0 Å². The number of hydrogen-bond donors (Lipinski definition) is 3. The van der Waals surface area contributed by atoms with Gasteiger partial charge in [0.05, 0.1) is 11.7 Å². The summed E-state index contributed by atoms with van der Waals surface area (Å²) in [7, 11) is 0. The third-order valence-corrected chi connectivity index (χ3v) is 7.57. The van der Waals surface area contributed by atoms with Gasteiger partial charge in [-0.3, -0.25) is 14.5 Å². The molecule has 0 aromatic carbocycles. The normalized spacial score (nSPS) is 19.5. The van der Waals surface area contributed by atoms with E-state index in [1.54, 1.807) is 33.5 Å². The largest absolute Gasteiger partial charge is 0.543 e. The first-order chi connectivity index (χ1) is 17.8. The lowest BCUT2D eigenvalue weighted by atomic mass is 10.0. The number of pyridine rings is 1. The number of alkyl halides is 1. The van der Waals surface area contributed by atoms with Gasteiger partial charge >= 0.3 is 0 Å². The molecule has 0 saturated carbocycles. The van der Waals surface area contributed by atoms with E-state index in [1.807, 2.05) is 6.07 Å². The Hall–Kier alpha value is -4.25. The predicted molar refractivity (Wildman–Crippen MR) is 127 cm³/mol. The number of β-lactam (4-membered cyclic amide) rings is 1. The zero-order valence-corrected chi connectivity index (χ0v) is 20.4. The minimum absolute atomic E-state index is 0.0392. The van der Waals surface area contributed by atoms with E-state index in [0.29, 0.717) is 11.4 Å². The Labute approximate surface area is 215 Å². The van der Waals surface area contributed by atoms with Crippen LogP contribution < -0.4 is 26.5 Å². The standard InChI is InChI=1S/C20H18FN9O5S2/c21-8-35-26-12(15-25-20(23)37-27-15)16(31)24-13-17(32)30-14(19(33)34)9(7-36-18(13)30)6-28-4-5-29-10(22)2-1-3-11(28)29/h1-5,13,18,22H,6-8H2,(H4,23,24,25,27,31,33,34)/b26-12-/t13-,18-/m1/s1. The summed E-state index contributed by atoms with van der Waals surface area (Å²) in [5, 5.41) is 17.3. The maximum atomic E-state index is 13.0. The number of aromatic nitrogens is 4. The van der Waals surface area contributed by atoms with Crippen LogP contribution in [0.5, 0.6) is 0 Å². The van der Waals surface area contributed by atoms with Crippen molar-refractivity contribution in [1.29, 1.82) is 0 Å². The molecule has 2 aliphatic rings. The first-order valence-electron chi connectivity index (χ1n) is 10.6. The number of aliphatic carboxylic acids is 1. The van der Waals surface area contributed by atoms with E-state index in [2.05, 4.69) is 24.7 Å². The number of nitrogen functional groups attached to an aromatic ring is 2. The average Bonchev–Trinajstić information content (AvgIpc) is 3.49. The number of nitrogens with one attached hydrogen (secondary N) is 1. The van der Waals surface area contributed by atoms with Crippen molar-refractivity contribution in [3.8, 4) is 0 Å². The van der Waals surface area contributed by atoms with E-state index in [0.717, 1.165) is 22.1 Å². The van der Waals surface area contributed by atoms with Gasteiger partial charge in [0.2, 0.25) is 11.5 Å². The van der Waals surface area contributed by atoms with Crippen LogP contribution in [0.3, 0.4) is 0 Å². The zero-order valence-electron chi connectivity index (χ0n) is 18.7. The Balaban J connectivity index is 1.37. The topological polar surface area (TPSA) is 197 Å². The van der Waals surface area contributed by atoms with Gasteiger partial charge in [-0.05, 0) is 6.07 Å². The monoisotopic (exact) mass is 547 g/mol. The number of rotatable bonds is 8. The molecule has 3 aromatic rings. The number of halogens is 1. The molecule has 37 heavy (non-hydrogen) atoms. The van der Waals surface area contributed by atoms with Crippen LogP contribution in [0.15, 0.2) is 47.0 Å². The van der Waals surface area contributed by atoms with Crippen molar-refractivity contribution in [1.82, 2.24) is 24.0 Å². The fraction of sp³-hybridized carbons (Fsp3) is 0.250. The Bertz CT molecular complexity index is 1490. The predicted octanol–water partition coefficient (Wildman–Crippen LogP) is -2.01. The van der Waals surface area contributed by atoms with Gasteiger partial charge in [-0.1, -0.05) is 5.16 Å². The number of nitrogens with two attached hydrogens (primary N) is 2. The molecule has 0 radical (unpaired) electrons. The first-order valence-corrected chi connectivity index (χ1v) is 12.4. The fourth-order valence-electron chi connectivity index (χ4n) is 4.09. The molecule has 0 unspecified atom stereocenters. The molecule has 0 bridgehead atoms. The van der Waals surface area contributed by atoms with E-state index >= 15 is 0 Å². The van der Waals surface area contributed by atoms with Crippen LogP contribution in [0.4, 0.5) is 15.3 Å². The van der Waals surface area contributed by atoms with Crippen LogP contribution in [0.25, 0.3) is 5.65 Å². The first kappa shape index (κ1) is 24.4. The highest BCUT2D eigenvalue weighted by atomic mass is 32.2. The molecule has 3 aromatic heterocycles. The minimum atomic E-state index is -1.51. The third kappa shape index (κ3) is 4.31. The Kier molecular flexibility index (Phi) is 6.38. The number of carbonyl (C=O) groups excluding carboxylic acids is 3. The highest BCUT2D eigenvalue weighted by Crippen LogP contribution is 2.40. The number of nitrogens with zero attached hydrogens (tertiary/aromatic N) is 6. The summed E-state index contributed by atoms with van der Waals surface area (Å²) in [5.74, 6) is -2.52. The number of carboxylic acids is 1. The van der Waals surface area contributed by atoms with Crippen LogP contribution in [0.1, 0.15) is 5.82 Å². The summed E-state index contributed by atoms with van der Waals surface area (Å²) in [5.41, 5.74) is 12.0. The summed E-state index contributed by atoms with van der Waals surface area (Å²) < 4.78 is 19.9. The number of anilines is 2. The van der Waals surface area contributed by atoms with Crippen LogP contribution in [-0.4, -0.2) is 66.2 Å². The van der Waals surface area contributed by atoms with E-state index < -0.39 is 41.8 Å². The molecular weight excluding hydrogens is 529 g/mol. The number of carboxylic acid groups (broad SMARTS) is 1. The lowest BCUT2D eigenvalue weighted by Gasteiger charge is -2.50. The summed E-state index contributed by atoms with van der Waals surface area (Å²) >= 11 is 2.06. The van der Waals surface area contributed by atoms with Crippen molar-refractivity contribution in [2.45, 2.75) is 18.0 Å². The van der Waals surface area contributed by atoms with Crippen molar-refractivity contribution < 1.29 is 33.3 Å². The second-order valence-electron chi connectivity index (χ2n) is 7.84. The van der Waals surface area contributed by atoms with Crippen molar-refractivity contribution in [2.24, 2.45) is 5.16 Å². The van der Waals surface area contributed by atoms with Gasteiger partial charge in [0, 0.05) is 35.0 Å². The molecule has 5 heterocycles. The second kappa shape index (κ2) is 9.66. The Morgan fingerprint density at radius 1 is 1.38 bits per heavy atom. The molecule has 192 valence electrons. The van der Waals surface area contributed by atoms with Crippen molar-refractivity contribution in [3.05, 3.63) is 47.7 Å². The molecule has 2 atom stereocenters. The average molecular weight is 548 g/mol. The molecule has 14 nitrogen and oxygen atoms in total. The maximum Gasteiger partial charge on any atom is 0.288 e. The molecule has 2 aliphatic heterocycles. The van der Waals surface area contributed by atoms with Gasteiger partial charge < -0.3 is 31.5 Å². The quantitative estimate of drug-likeness (QED) is 0.123. The van der Waals surface area contributed by atoms with Crippen LogP contribution in [-0.2, 0) is 25.8 Å².